The molecule has 0 atom stereocenters. The highest BCUT2D eigenvalue weighted by atomic mass is 35.5. The molecule has 0 fully saturated rings. The number of amides is 3. The van der Waals surface area contributed by atoms with E-state index in [1.807, 2.05) is 0 Å². The van der Waals surface area contributed by atoms with Gasteiger partial charge in [0.2, 0.25) is 0 Å². The van der Waals surface area contributed by atoms with Gasteiger partial charge in [0, 0.05) is 5.56 Å². The van der Waals surface area contributed by atoms with E-state index in [1.165, 1.54) is 24.3 Å². The number of hydrogen-bond donors (Lipinski definition) is 2. The van der Waals surface area contributed by atoms with E-state index in [1.54, 1.807) is 29.6 Å². The zero-order chi connectivity index (χ0) is 20.0. The van der Waals surface area contributed by atoms with Gasteiger partial charge < -0.3 is 10.5 Å². The van der Waals surface area contributed by atoms with Crippen LogP contribution in [0, 0.1) is 17.1 Å². The van der Waals surface area contributed by atoms with E-state index in [0.29, 0.717) is 11.1 Å². The van der Waals surface area contributed by atoms with Crippen molar-refractivity contribution >= 4 is 41.2 Å². The van der Waals surface area contributed by atoms with Crippen LogP contribution in [-0.4, -0.2) is 11.9 Å². The van der Waals surface area contributed by atoms with Gasteiger partial charge in [-0.1, -0.05) is 41.4 Å². The standard InChI is InChI=1S/C18H12Cl2FN3O3/c19-13-6-10(5-12(8-22)17(25)24-18(23)26)7-14(20)16(13)27-9-11-3-1-2-4-15(11)21/h1-7H,9H2,(H3,23,24,25,26)/b12-5-. The third-order valence-corrected chi connectivity index (χ3v) is 3.82. The van der Waals surface area contributed by atoms with Crippen molar-refractivity contribution in [3.63, 3.8) is 0 Å². The molecule has 0 aromatic heterocycles. The molecule has 0 saturated carbocycles. The fourth-order valence-corrected chi connectivity index (χ4v) is 2.67. The van der Waals surface area contributed by atoms with Gasteiger partial charge in [-0.15, -0.1) is 0 Å². The maximum Gasteiger partial charge on any atom is 0.319 e. The van der Waals surface area contributed by atoms with Crippen LogP contribution < -0.4 is 15.8 Å². The molecule has 0 saturated heterocycles. The van der Waals surface area contributed by atoms with Crippen molar-refractivity contribution in [3.8, 4) is 11.8 Å². The molecule has 0 bridgehead atoms. The molecule has 3 amide bonds. The Morgan fingerprint density at radius 3 is 2.44 bits per heavy atom. The highest BCUT2D eigenvalue weighted by molar-refractivity contribution is 6.37. The Hall–Kier alpha value is -3.08. The fraction of sp³-hybridized carbons (Fsp3) is 0.0556. The number of carbonyl (C=O) groups is 2. The molecule has 2 aromatic rings. The van der Waals surface area contributed by atoms with Crippen LogP contribution in [0.1, 0.15) is 11.1 Å². The van der Waals surface area contributed by atoms with Gasteiger partial charge in [-0.2, -0.15) is 5.26 Å². The summed E-state index contributed by atoms with van der Waals surface area (Å²) in [4.78, 5) is 22.4. The van der Waals surface area contributed by atoms with Gasteiger partial charge in [-0.25, -0.2) is 9.18 Å². The number of rotatable bonds is 5. The molecule has 0 unspecified atom stereocenters. The average molecular weight is 408 g/mol. The molecule has 0 radical (unpaired) electrons. The number of imide groups is 1. The second kappa shape index (κ2) is 9.03. The van der Waals surface area contributed by atoms with Gasteiger partial charge in [0.15, 0.2) is 5.75 Å². The second-order valence-electron chi connectivity index (χ2n) is 5.18. The number of urea groups is 1. The number of halogens is 3. The van der Waals surface area contributed by atoms with Gasteiger partial charge in [0.25, 0.3) is 5.91 Å². The van der Waals surface area contributed by atoms with Crippen LogP contribution in [0.4, 0.5) is 9.18 Å². The number of primary amides is 1. The Morgan fingerprint density at radius 1 is 1.26 bits per heavy atom. The molecule has 0 aliphatic heterocycles. The summed E-state index contributed by atoms with van der Waals surface area (Å²) >= 11 is 12.3. The molecule has 3 N–H and O–H groups in total. The summed E-state index contributed by atoms with van der Waals surface area (Å²) in [5.74, 6) is -1.26. The predicted octanol–water partition coefficient (Wildman–Crippen LogP) is 3.81. The fourth-order valence-electron chi connectivity index (χ4n) is 2.06. The van der Waals surface area contributed by atoms with Crippen LogP contribution in [0.15, 0.2) is 42.0 Å². The van der Waals surface area contributed by atoms with Gasteiger partial charge in [0.05, 0.1) is 10.0 Å². The second-order valence-corrected chi connectivity index (χ2v) is 6.00. The molecular formula is C18H12Cl2FN3O3. The Bertz CT molecular complexity index is 948. The van der Waals surface area contributed by atoms with Crippen LogP contribution >= 0.6 is 23.2 Å². The maximum atomic E-state index is 13.7. The van der Waals surface area contributed by atoms with Crippen molar-refractivity contribution in [2.75, 3.05) is 0 Å². The van der Waals surface area contributed by atoms with Crippen molar-refractivity contribution in [2.24, 2.45) is 5.73 Å². The Labute approximate surface area is 163 Å². The van der Waals surface area contributed by atoms with Crippen molar-refractivity contribution in [1.82, 2.24) is 5.32 Å². The summed E-state index contributed by atoms with van der Waals surface area (Å²) in [5, 5.41) is 11.0. The Balaban J connectivity index is 2.24. The van der Waals surface area contributed by atoms with E-state index >= 15 is 0 Å². The van der Waals surface area contributed by atoms with Gasteiger partial charge in [-0.05, 0) is 29.8 Å². The van der Waals surface area contributed by atoms with E-state index in [2.05, 4.69) is 0 Å². The largest absolute Gasteiger partial charge is 0.486 e. The first-order valence-electron chi connectivity index (χ1n) is 7.39. The van der Waals surface area contributed by atoms with E-state index in [9.17, 15) is 14.0 Å². The molecule has 6 nitrogen and oxygen atoms in total. The number of nitrogens with one attached hydrogen (secondary N) is 1. The lowest BCUT2D eigenvalue weighted by atomic mass is 10.1. The quantitative estimate of drug-likeness (QED) is 0.580. The highest BCUT2D eigenvalue weighted by Gasteiger charge is 2.14. The minimum absolute atomic E-state index is 0.0915. The van der Waals surface area contributed by atoms with Crippen molar-refractivity contribution in [3.05, 3.63) is 69.0 Å². The Morgan fingerprint density at radius 2 is 1.89 bits per heavy atom. The Kier molecular flexibility index (Phi) is 6.77. The third-order valence-electron chi connectivity index (χ3n) is 3.26. The average Bonchev–Trinajstić information content (AvgIpc) is 2.59. The van der Waals surface area contributed by atoms with E-state index in [4.69, 9.17) is 38.9 Å². The SMILES string of the molecule is N#C/C(=C/c1cc(Cl)c(OCc2ccccc2F)c(Cl)c1)C(=O)NC(N)=O. The van der Waals surface area contributed by atoms with Crippen molar-refractivity contribution in [1.29, 1.82) is 5.26 Å². The van der Waals surface area contributed by atoms with E-state index in [-0.39, 0.29) is 28.0 Å². The monoisotopic (exact) mass is 407 g/mol. The predicted molar refractivity (Wildman–Crippen MR) is 98.5 cm³/mol. The minimum atomic E-state index is -1.09. The number of carbonyl (C=O) groups excluding carboxylic acids is 2. The summed E-state index contributed by atoms with van der Waals surface area (Å²) in [7, 11) is 0. The van der Waals surface area contributed by atoms with Crippen LogP contribution in [0.25, 0.3) is 6.08 Å². The van der Waals surface area contributed by atoms with Gasteiger partial charge >= 0.3 is 6.03 Å². The molecule has 138 valence electrons. The zero-order valence-corrected chi connectivity index (χ0v) is 15.1. The third kappa shape index (κ3) is 5.45. The zero-order valence-electron chi connectivity index (χ0n) is 13.6. The molecule has 27 heavy (non-hydrogen) atoms. The molecule has 9 heteroatoms. The topological polar surface area (TPSA) is 105 Å². The van der Waals surface area contributed by atoms with E-state index in [0.717, 1.165) is 0 Å². The molecule has 0 spiro atoms. The normalized spacial score (nSPS) is 10.8. The summed E-state index contributed by atoms with van der Waals surface area (Å²) < 4.78 is 19.1. The summed E-state index contributed by atoms with van der Waals surface area (Å²) in [6.07, 6.45) is 1.18. The first-order valence-corrected chi connectivity index (χ1v) is 8.15. The number of nitrogens with two attached hydrogens (primary N) is 1. The lowest BCUT2D eigenvalue weighted by molar-refractivity contribution is -0.115. The smallest absolute Gasteiger partial charge is 0.319 e. The summed E-state index contributed by atoms with van der Waals surface area (Å²) in [5.41, 5.74) is 5.11. The van der Waals surface area contributed by atoms with Crippen LogP contribution in [-0.2, 0) is 11.4 Å². The maximum absolute atomic E-state index is 13.7. The van der Waals surface area contributed by atoms with E-state index < -0.39 is 17.8 Å². The minimum Gasteiger partial charge on any atom is -0.486 e. The molecular weight excluding hydrogens is 396 g/mol. The number of nitriles is 1. The number of nitrogens with zero attached hydrogens (tertiary/aromatic N) is 1. The molecule has 0 aliphatic carbocycles. The lowest BCUT2D eigenvalue weighted by Crippen LogP contribution is -2.35. The van der Waals surface area contributed by atoms with Crippen molar-refractivity contribution in [2.45, 2.75) is 6.61 Å². The first kappa shape index (κ1) is 20.2. The summed E-state index contributed by atoms with van der Waals surface area (Å²) in [6.45, 7) is -0.0915. The van der Waals surface area contributed by atoms with Gasteiger partial charge in [0.1, 0.15) is 24.1 Å². The molecule has 0 aliphatic rings. The van der Waals surface area contributed by atoms with Crippen molar-refractivity contribution < 1.29 is 18.7 Å². The summed E-state index contributed by atoms with van der Waals surface area (Å²) in [6, 6.07) is 9.44. The number of benzene rings is 2. The lowest BCUT2D eigenvalue weighted by Gasteiger charge is -2.11. The van der Waals surface area contributed by atoms with Gasteiger partial charge in [-0.3, -0.25) is 10.1 Å². The van der Waals surface area contributed by atoms with Crippen LogP contribution in [0.3, 0.4) is 0 Å². The molecule has 2 aromatic carbocycles. The number of hydrogen-bond acceptors (Lipinski definition) is 4. The highest BCUT2D eigenvalue weighted by Crippen LogP contribution is 2.35. The van der Waals surface area contributed by atoms with Crippen LogP contribution in [0.2, 0.25) is 10.0 Å². The molecule has 0 heterocycles. The number of ether oxygens (including phenoxy) is 1. The molecule has 2 rings (SSSR count). The van der Waals surface area contributed by atoms with Crippen LogP contribution in [0.5, 0.6) is 5.75 Å². The first-order chi connectivity index (χ1) is 12.8.